The summed E-state index contributed by atoms with van der Waals surface area (Å²) in [4.78, 5) is 22.4. The third-order valence-electron chi connectivity index (χ3n) is 3.48. The number of carboxylic acid groups (broad SMARTS) is 1. The van der Waals surface area contributed by atoms with Gasteiger partial charge in [0.15, 0.2) is 0 Å². The molecule has 0 heterocycles. The molecule has 1 fully saturated rings. The highest BCUT2D eigenvalue weighted by atomic mass is 16.4. The Morgan fingerprint density at radius 3 is 2.42 bits per heavy atom. The number of carboxylic acids is 1. The fraction of sp³-hybridized carbons (Fsp3) is 0.846. The lowest BCUT2D eigenvalue weighted by molar-refractivity contribution is -0.142. The first-order valence-electron chi connectivity index (χ1n) is 7.11. The van der Waals surface area contributed by atoms with E-state index < -0.39 is 5.97 Å². The number of hydrogen-bond acceptors (Lipinski definition) is 3. The van der Waals surface area contributed by atoms with E-state index in [0.29, 0.717) is 19.4 Å². The molecular formula is C13H25N3O3. The standard InChI is InChI=1S/C13H25N3O3/c1-2-14-8-3-9-15-13(19)16-11-6-4-10(5-7-11)12(17)18/h10-11,14H,2-9H2,1H3,(H,17,18)(H2,15,16,19). The SMILES string of the molecule is CCNCCCNC(=O)NC1CCC(C(=O)O)CC1. The van der Waals surface area contributed by atoms with Crippen molar-refractivity contribution >= 4 is 12.0 Å². The summed E-state index contributed by atoms with van der Waals surface area (Å²) in [5.41, 5.74) is 0. The normalized spacial score (nSPS) is 22.8. The van der Waals surface area contributed by atoms with Crippen molar-refractivity contribution in [2.45, 2.75) is 45.1 Å². The zero-order valence-electron chi connectivity index (χ0n) is 11.6. The Morgan fingerprint density at radius 1 is 1.16 bits per heavy atom. The number of aliphatic carboxylic acids is 1. The maximum atomic E-state index is 11.6. The third kappa shape index (κ3) is 6.42. The van der Waals surface area contributed by atoms with E-state index in [-0.39, 0.29) is 18.0 Å². The lowest BCUT2D eigenvalue weighted by atomic mass is 9.86. The predicted octanol–water partition coefficient (Wildman–Crippen LogP) is 0.929. The highest BCUT2D eigenvalue weighted by Crippen LogP contribution is 2.24. The van der Waals surface area contributed by atoms with Gasteiger partial charge in [-0.3, -0.25) is 4.79 Å². The Morgan fingerprint density at radius 2 is 1.84 bits per heavy atom. The highest BCUT2D eigenvalue weighted by molar-refractivity contribution is 5.74. The van der Waals surface area contributed by atoms with Crippen molar-refractivity contribution in [2.24, 2.45) is 5.92 Å². The summed E-state index contributed by atoms with van der Waals surface area (Å²) in [7, 11) is 0. The van der Waals surface area contributed by atoms with Crippen LogP contribution in [-0.4, -0.2) is 42.8 Å². The fourth-order valence-electron chi connectivity index (χ4n) is 2.31. The monoisotopic (exact) mass is 271 g/mol. The molecule has 2 amide bonds. The number of rotatable bonds is 7. The van der Waals surface area contributed by atoms with Crippen molar-refractivity contribution in [3.05, 3.63) is 0 Å². The van der Waals surface area contributed by atoms with Gasteiger partial charge in [0.05, 0.1) is 5.92 Å². The average molecular weight is 271 g/mol. The third-order valence-corrected chi connectivity index (χ3v) is 3.48. The van der Waals surface area contributed by atoms with Gasteiger partial charge in [-0.15, -0.1) is 0 Å². The molecule has 0 atom stereocenters. The van der Waals surface area contributed by atoms with Crippen molar-refractivity contribution in [3.63, 3.8) is 0 Å². The molecule has 0 saturated heterocycles. The smallest absolute Gasteiger partial charge is 0.315 e. The summed E-state index contributed by atoms with van der Waals surface area (Å²) < 4.78 is 0. The number of carbonyl (C=O) groups is 2. The van der Waals surface area contributed by atoms with E-state index in [2.05, 4.69) is 16.0 Å². The molecule has 1 aliphatic rings. The molecule has 0 aliphatic heterocycles. The number of nitrogens with one attached hydrogen (secondary N) is 3. The van der Waals surface area contributed by atoms with E-state index >= 15 is 0 Å². The second-order valence-electron chi connectivity index (χ2n) is 4.99. The minimum atomic E-state index is -0.716. The van der Waals surface area contributed by atoms with Gasteiger partial charge < -0.3 is 21.1 Å². The number of carbonyl (C=O) groups excluding carboxylic acids is 1. The Kier molecular flexibility index (Phi) is 7.25. The van der Waals surface area contributed by atoms with E-state index in [0.717, 1.165) is 32.4 Å². The van der Waals surface area contributed by atoms with Crippen LogP contribution in [0, 0.1) is 5.92 Å². The van der Waals surface area contributed by atoms with Crippen molar-refractivity contribution in [1.29, 1.82) is 0 Å². The van der Waals surface area contributed by atoms with Crippen LogP contribution < -0.4 is 16.0 Å². The van der Waals surface area contributed by atoms with Gasteiger partial charge in [0.2, 0.25) is 0 Å². The average Bonchev–Trinajstić information content (AvgIpc) is 2.39. The minimum Gasteiger partial charge on any atom is -0.481 e. The number of hydrogen-bond donors (Lipinski definition) is 4. The summed E-state index contributed by atoms with van der Waals surface area (Å²) in [6.45, 7) is 4.55. The maximum Gasteiger partial charge on any atom is 0.315 e. The van der Waals surface area contributed by atoms with E-state index in [1.165, 1.54) is 0 Å². The first-order chi connectivity index (χ1) is 9.13. The van der Waals surface area contributed by atoms with Gasteiger partial charge in [-0.05, 0) is 45.2 Å². The van der Waals surface area contributed by atoms with Crippen LogP contribution in [0.3, 0.4) is 0 Å². The molecule has 6 nitrogen and oxygen atoms in total. The molecule has 1 rings (SSSR count). The molecule has 0 aromatic heterocycles. The van der Waals surface area contributed by atoms with Crippen molar-refractivity contribution < 1.29 is 14.7 Å². The van der Waals surface area contributed by atoms with Gasteiger partial charge in [-0.25, -0.2) is 4.79 Å². The number of amides is 2. The molecule has 1 saturated carbocycles. The molecule has 6 heteroatoms. The quantitative estimate of drug-likeness (QED) is 0.518. The molecule has 0 spiro atoms. The van der Waals surface area contributed by atoms with Gasteiger partial charge in [-0.1, -0.05) is 6.92 Å². The molecule has 0 aromatic rings. The fourth-order valence-corrected chi connectivity index (χ4v) is 2.31. The Labute approximate surface area is 114 Å². The summed E-state index contributed by atoms with van der Waals surface area (Å²) in [5, 5.41) is 17.8. The highest BCUT2D eigenvalue weighted by Gasteiger charge is 2.26. The predicted molar refractivity (Wildman–Crippen MR) is 73.1 cm³/mol. The van der Waals surface area contributed by atoms with Crippen LogP contribution in [0.4, 0.5) is 4.79 Å². The summed E-state index contributed by atoms with van der Waals surface area (Å²) in [5.74, 6) is -0.951. The molecule has 0 bridgehead atoms. The van der Waals surface area contributed by atoms with Gasteiger partial charge in [0, 0.05) is 12.6 Å². The molecule has 0 aromatic carbocycles. The zero-order chi connectivity index (χ0) is 14.1. The lowest BCUT2D eigenvalue weighted by Crippen LogP contribution is -2.44. The van der Waals surface area contributed by atoms with E-state index in [1.807, 2.05) is 6.92 Å². The second-order valence-corrected chi connectivity index (χ2v) is 4.99. The van der Waals surface area contributed by atoms with Crippen LogP contribution in [0.5, 0.6) is 0 Å². The topological polar surface area (TPSA) is 90.5 Å². The van der Waals surface area contributed by atoms with Crippen LogP contribution in [0.2, 0.25) is 0 Å². The van der Waals surface area contributed by atoms with Crippen LogP contribution >= 0.6 is 0 Å². The second kappa shape index (κ2) is 8.74. The zero-order valence-corrected chi connectivity index (χ0v) is 11.6. The Hall–Kier alpha value is -1.30. The van der Waals surface area contributed by atoms with Gasteiger partial charge in [0.25, 0.3) is 0 Å². The van der Waals surface area contributed by atoms with Crippen LogP contribution in [0.25, 0.3) is 0 Å². The van der Waals surface area contributed by atoms with Crippen molar-refractivity contribution in [3.8, 4) is 0 Å². The van der Waals surface area contributed by atoms with E-state index in [1.54, 1.807) is 0 Å². The maximum absolute atomic E-state index is 11.6. The summed E-state index contributed by atoms with van der Waals surface area (Å²) in [6, 6.07) is -0.0281. The van der Waals surface area contributed by atoms with E-state index in [9.17, 15) is 9.59 Å². The Bertz CT molecular complexity index is 289. The largest absolute Gasteiger partial charge is 0.481 e. The van der Waals surface area contributed by atoms with Crippen LogP contribution in [0.1, 0.15) is 39.0 Å². The molecule has 1 aliphatic carbocycles. The van der Waals surface area contributed by atoms with Crippen LogP contribution in [0.15, 0.2) is 0 Å². The van der Waals surface area contributed by atoms with Crippen molar-refractivity contribution in [1.82, 2.24) is 16.0 Å². The van der Waals surface area contributed by atoms with Gasteiger partial charge in [0.1, 0.15) is 0 Å². The first-order valence-corrected chi connectivity index (χ1v) is 7.11. The van der Waals surface area contributed by atoms with Crippen molar-refractivity contribution in [2.75, 3.05) is 19.6 Å². The van der Waals surface area contributed by atoms with Gasteiger partial charge >= 0.3 is 12.0 Å². The molecule has 19 heavy (non-hydrogen) atoms. The molecular weight excluding hydrogens is 246 g/mol. The minimum absolute atomic E-state index is 0.115. The molecule has 4 N–H and O–H groups in total. The molecule has 110 valence electrons. The number of urea groups is 1. The van der Waals surface area contributed by atoms with E-state index in [4.69, 9.17) is 5.11 Å². The lowest BCUT2D eigenvalue weighted by Gasteiger charge is -2.26. The Balaban J connectivity index is 2.08. The summed E-state index contributed by atoms with van der Waals surface area (Å²) in [6.07, 6.45) is 3.72. The first kappa shape index (κ1) is 15.8. The van der Waals surface area contributed by atoms with Gasteiger partial charge in [-0.2, -0.15) is 0 Å². The molecule has 0 radical (unpaired) electrons. The summed E-state index contributed by atoms with van der Waals surface area (Å²) >= 11 is 0. The van der Waals surface area contributed by atoms with Crippen LogP contribution in [-0.2, 0) is 4.79 Å². The molecule has 0 unspecified atom stereocenters.